The molecular formula is C17H26ClN. The lowest BCUT2D eigenvalue weighted by Crippen LogP contribution is -2.33. The van der Waals surface area contributed by atoms with Crippen molar-refractivity contribution in [2.45, 2.75) is 52.0 Å². The standard InChI is InChI=1S/C17H26ClN/c1-13(2)19-12-16(15-7-3-4-8-15)10-14-6-5-9-17(18)11-14/h5-6,9,11,13,15-16,19H,3-4,7-8,10,12H2,1-2H3. The smallest absolute Gasteiger partial charge is 0.0408 e. The highest BCUT2D eigenvalue weighted by Gasteiger charge is 2.25. The maximum Gasteiger partial charge on any atom is 0.0408 e. The van der Waals surface area contributed by atoms with E-state index in [1.165, 1.54) is 31.2 Å². The first kappa shape index (κ1) is 14.9. The molecule has 106 valence electrons. The predicted octanol–water partition coefficient (Wildman–Crippen LogP) is 4.69. The number of nitrogens with one attached hydrogen (secondary N) is 1. The number of benzene rings is 1. The van der Waals surface area contributed by atoms with Crippen LogP contribution in [0.15, 0.2) is 24.3 Å². The van der Waals surface area contributed by atoms with E-state index in [-0.39, 0.29) is 0 Å². The van der Waals surface area contributed by atoms with Gasteiger partial charge in [-0.1, -0.05) is 63.3 Å². The lowest BCUT2D eigenvalue weighted by molar-refractivity contribution is 0.313. The summed E-state index contributed by atoms with van der Waals surface area (Å²) in [7, 11) is 0. The maximum atomic E-state index is 6.10. The molecule has 1 atom stereocenters. The second kappa shape index (κ2) is 7.31. The second-order valence-electron chi connectivity index (χ2n) is 6.20. The Morgan fingerprint density at radius 2 is 2.00 bits per heavy atom. The minimum absolute atomic E-state index is 0.572. The summed E-state index contributed by atoms with van der Waals surface area (Å²) in [5.74, 6) is 1.65. The van der Waals surface area contributed by atoms with E-state index < -0.39 is 0 Å². The average Bonchev–Trinajstić information content (AvgIpc) is 2.88. The Bertz CT molecular complexity index is 383. The fourth-order valence-electron chi connectivity index (χ4n) is 3.19. The van der Waals surface area contributed by atoms with Crippen LogP contribution in [-0.4, -0.2) is 12.6 Å². The van der Waals surface area contributed by atoms with E-state index in [0.717, 1.165) is 29.8 Å². The van der Waals surface area contributed by atoms with Gasteiger partial charge in [-0.2, -0.15) is 0 Å². The number of hydrogen-bond acceptors (Lipinski definition) is 1. The van der Waals surface area contributed by atoms with Crippen molar-refractivity contribution in [3.63, 3.8) is 0 Å². The fraction of sp³-hybridized carbons (Fsp3) is 0.647. The van der Waals surface area contributed by atoms with Gasteiger partial charge in [-0.05, 0) is 42.5 Å². The molecule has 1 aliphatic rings. The number of hydrogen-bond donors (Lipinski definition) is 1. The summed E-state index contributed by atoms with van der Waals surface area (Å²) < 4.78 is 0. The highest BCUT2D eigenvalue weighted by Crippen LogP contribution is 2.33. The summed E-state index contributed by atoms with van der Waals surface area (Å²) in [6.07, 6.45) is 6.80. The first-order valence-corrected chi connectivity index (χ1v) is 8.01. The topological polar surface area (TPSA) is 12.0 Å². The first-order valence-electron chi connectivity index (χ1n) is 7.63. The molecule has 0 bridgehead atoms. The SMILES string of the molecule is CC(C)NCC(Cc1cccc(Cl)c1)C1CCCC1. The molecule has 0 aliphatic heterocycles. The highest BCUT2D eigenvalue weighted by atomic mass is 35.5. The third-order valence-electron chi connectivity index (χ3n) is 4.24. The van der Waals surface area contributed by atoms with Gasteiger partial charge in [0.1, 0.15) is 0 Å². The molecule has 1 saturated carbocycles. The summed E-state index contributed by atoms with van der Waals surface area (Å²) >= 11 is 6.10. The number of rotatable bonds is 6. The van der Waals surface area contributed by atoms with Gasteiger partial charge < -0.3 is 5.32 Å². The molecule has 1 fully saturated rings. The van der Waals surface area contributed by atoms with Gasteiger partial charge in [0.05, 0.1) is 0 Å². The van der Waals surface area contributed by atoms with E-state index in [4.69, 9.17) is 11.6 Å². The van der Waals surface area contributed by atoms with E-state index in [9.17, 15) is 0 Å². The first-order chi connectivity index (χ1) is 9.15. The van der Waals surface area contributed by atoms with E-state index in [2.05, 4.69) is 37.4 Å². The summed E-state index contributed by atoms with van der Waals surface area (Å²) in [5.41, 5.74) is 1.38. The van der Waals surface area contributed by atoms with Gasteiger partial charge in [-0.25, -0.2) is 0 Å². The van der Waals surface area contributed by atoms with Crippen molar-refractivity contribution >= 4 is 11.6 Å². The van der Waals surface area contributed by atoms with Crippen LogP contribution in [0.5, 0.6) is 0 Å². The Morgan fingerprint density at radius 3 is 2.63 bits per heavy atom. The highest BCUT2D eigenvalue weighted by molar-refractivity contribution is 6.30. The molecule has 2 heteroatoms. The molecule has 1 unspecified atom stereocenters. The summed E-state index contributed by atoms with van der Waals surface area (Å²) in [4.78, 5) is 0. The molecule has 0 saturated heterocycles. The molecular weight excluding hydrogens is 254 g/mol. The molecule has 1 nitrogen and oxygen atoms in total. The molecule has 0 amide bonds. The molecule has 1 N–H and O–H groups in total. The van der Waals surface area contributed by atoms with Crippen molar-refractivity contribution < 1.29 is 0 Å². The monoisotopic (exact) mass is 279 g/mol. The third-order valence-corrected chi connectivity index (χ3v) is 4.48. The zero-order valence-corrected chi connectivity index (χ0v) is 12.9. The molecule has 0 spiro atoms. The van der Waals surface area contributed by atoms with Crippen LogP contribution in [0, 0.1) is 11.8 Å². The van der Waals surface area contributed by atoms with Gasteiger partial charge in [0.2, 0.25) is 0 Å². The van der Waals surface area contributed by atoms with Crippen LogP contribution in [0.1, 0.15) is 45.1 Å². The fourth-order valence-corrected chi connectivity index (χ4v) is 3.40. The molecule has 1 aliphatic carbocycles. The Kier molecular flexibility index (Phi) is 5.72. The normalized spacial score (nSPS) is 18.1. The van der Waals surface area contributed by atoms with Crippen molar-refractivity contribution in [3.05, 3.63) is 34.9 Å². The molecule has 2 rings (SSSR count). The van der Waals surface area contributed by atoms with E-state index in [0.29, 0.717) is 6.04 Å². The minimum Gasteiger partial charge on any atom is -0.314 e. The lowest BCUT2D eigenvalue weighted by atomic mass is 9.85. The van der Waals surface area contributed by atoms with Gasteiger partial charge in [0.15, 0.2) is 0 Å². The van der Waals surface area contributed by atoms with Gasteiger partial charge in [0.25, 0.3) is 0 Å². The molecule has 1 aromatic rings. The zero-order chi connectivity index (χ0) is 13.7. The molecule has 0 radical (unpaired) electrons. The zero-order valence-electron chi connectivity index (χ0n) is 12.2. The number of halogens is 1. The maximum absolute atomic E-state index is 6.10. The lowest BCUT2D eigenvalue weighted by Gasteiger charge is -2.25. The largest absolute Gasteiger partial charge is 0.314 e. The molecule has 19 heavy (non-hydrogen) atoms. The molecule has 0 aromatic heterocycles. The van der Waals surface area contributed by atoms with Gasteiger partial charge >= 0.3 is 0 Å². The second-order valence-corrected chi connectivity index (χ2v) is 6.64. The van der Waals surface area contributed by atoms with Crippen molar-refractivity contribution in [2.75, 3.05) is 6.54 Å². The minimum atomic E-state index is 0.572. The van der Waals surface area contributed by atoms with Crippen LogP contribution >= 0.6 is 11.6 Å². The average molecular weight is 280 g/mol. The van der Waals surface area contributed by atoms with Crippen LogP contribution in [0.3, 0.4) is 0 Å². The van der Waals surface area contributed by atoms with Crippen molar-refractivity contribution in [1.29, 1.82) is 0 Å². The summed E-state index contributed by atoms with van der Waals surface area (Å²) in [5, 5.41) is 4.48. The van der Waals surface area contributed by atoms with Crippen LogP contribution in [0.25, 0.3) is 0 Å². The third kappa shape index (κ3) is 4.81. The van der Waals surface area contributed by atoms with E-state index in [1.807, 2.05) is 6.07 Å². The van der Waals surface area contributed by atoms with Crippen molar-refractivity contribution in [1.82, 2.24) is 5.32 Å². The van der Waals surface area contributed by atoms with Crippen LogP contribution < -0.4 is 5.32 Å². The Balaban J connectivity index is 1.99. The van der Waals surface area contributed by atoms with Crippen LogP contribution in [0.4, 0.5) is 0 Å². The van der Waals surface area contributed by atoms with Gasteiger partial charge in [-0.3, -0.25) is 0 Å². The quantitative estimate of drug-likeness (QED) is 0.797. The van der Waals surface area contributed by atoms with Crippen LogP contribution in [0.2, 0.25) is 5.02 Å². The van der Waals surface area contributed by atoms with Gasteiger partial charge in [-0.15, -0.1) is 0 Å². The Hall–Kier alpha value is -0.530. The predicted molar refractivity (Wildman–Crippen MR) is 83.7 cm³/mol. The van der Waals surface area contributed by atoms with E-state index in [1.54, 1.807) is 0 Å². The Morgan fingerprint density at radius 1 is 1.26 bits per heavy atom. The summed E-state index contributed by atoms with van der Waals surface area (Å²) in [6, 6.07) is 8.94. The van der Waals surface area contributed by atoms with Crippen LogP contribution in [-0.2, 0) is 6.42 Å². The van der Waals surface area contributed by atoms with E-state index >= 15 is 0 Å². The Labute approximate surface area is 122 Å². The summed E-state index contributed by atoms with van der Waals surface area (Å²) in [6.45, 7) is 5.59. The van der Waals surface area contributed by atoms with Crippen molar-refractivity contribution in [3.8, 4) is 0 Å². The molecule has 1 aromatic carbocycles. The van der Waals surface area contributed by atoms with Gasteiger partial charge in [0, 0.05) is 11.1 Å². The molecule has 0 heterocycles. The van der Waals surface area contributed by atoms with Crippen molar-refractivity contribution in [2.24, 2.45) is 11.8 Å².